The molecule has 1 saturated heterocycles. The van der Waals surface area contributed by atoms with Gasteiger partial charge >= 0.3 is 0 Å². The second-order valence-electron chi connectivity index (χ2n) is 5.57. The van der Waals surface area contributed by atoms with E-state index in [4.69, 9.17) is 9.47 Å². The Morgan fingerprint density at radius 2 is 2.00 bits per heavy atom. The smallest absolute Gasteiger partial charge is 0.249 e. The molecule has 2 amide bonds. The highest BCUT2D eigenvalue weighted by molar-refractivity contribution is 6.01. The van der Waals surface area contributed by atoms with Crippen molar-refractivity contribution in [1.29, 1.82) is 0 Å². The average Bonchev–Trinajstić information content (AvgIpc) is 2.86. The molecular formula is C15H18N2O4. The molecule has 21 heavy (non-hydrogen) atoms. The first-order chi connectivity index (χ1) is 10.1. The highest BCUT2D eigenvalue weighted by Gasteiger charge is 2.33. The molecule has 1 N–H and O–H groups in total. The molecule has 0 radical (unpaired) electrons. The maximum Gasteiger partial charge on any atom is 0.249 e. The summed E-state index contributed by atoms with van der Waals surface area (Å²) in [5.41, 5.74) is 0.728. The number of ether oxygens (including phenoxy) is 2. The van der Waals surface area contributed by atoms with Gasteiger partial charge in [-0.05, 0) is 18.1 Å². The first kappa shape index (κ1) is 13.7. The first-order valence-electron chi connectivity index (χ1n) is 7.06. The van der Waals surface area contributed by atoms with Crippen LogP contribution < -0.4 is 19.7 Å². The molecule has 0 saturated carbocycles. The van der Waals surface area contributed by atoms with Gasteiger partial charge in [0.05, 0.1) is 0 Å². The summed E-state index contributed by atoms with van der Waals surface area (Å²) in [5, 5.41) is 2.79. The van der Waals surface area contributed by atoms with Gasteiger partial charge in [-0.3, -0.25) is 9.59 Å². The largest absolute Gasteiger partial charge is 0.454 e. The van der Waals surface area contributed by atoms with Crippen LogP contribution in [0.1, 0.15) is 20.3 Å². The van der Waals surface area contributed by atoms with E-state index >= 15 is 0 Å². The SMILES string of the molecule is CC(C)C1NC(=O)CCN(c2ccc3c(c2)OCO3)C1=O. The van der Waals surface area contributed by atoms with Gasteiger partial charge in [-0.1, -0.05) is 13.8 Å². The van der Waals surface area contributed by atoms with Crippen LogP contribution in [-0.2, 0) is 9.59 Å². The Bertz CT molecular complexity index is 585. The zero-order valence-electron chi connectivity index (χ0n) is 12.1. The van der Waals surface area contributed by atoms with Gasteiger partial charge in [0.15, 0.2) is 11.5 Å². The quantitative estimate of drug-likeness (QED) is 0.891. The lowest BCUT2D eigenvalue weighted by molar-refractivity contribution is -0.126. The lowest BCUT2D eigenvalue weighted by Crippen LogP contribution is -2.47. The molecule has 3 rings (SSSR count). The molecule has 1 aromatic rings. The van der Waals surface area contributed by atoms with E-state index in [1.54, 1.807) is 17.0 Å². The molecule has 1 fully saturated rings. The van der Waals surface area contributed by atoms with Crippen molar-refractivity contribution in [3.8, 4) is 11.5 Å². The zero-order chi connectivity index (χ0) is 15.0. The minimum absolute atomic E-state index is 0.0380. The lowest BCUT2D eigenvalue weighted by Gasteiger charge is -2.26. The Balaban J connectivity index is 1.92. The fraction of sp³-hybridized carbons (Fsp3) is 0.467. The molecule has 0 aliphatic carbocycles. The maximum atomic E-state index is 12.7. The van der Waals surface area contributed by atoms with Crippen molar-refractivity contribution in [2.45, 2.75) is 26.3 Å². The molecule has 1 atom stereocenters. The molecule has 6 nitrogen and oxygen atoms in total. The maximum absolute atomic E-state index is 12.7. The van der Waals surface area contributed by atoms with Crippen LogP contribution in [0.4, 0.5) is 5.69 Å². The van der Waals surface area contributed by atoms with Crippen LogP contribution in [0.3, 0.4) is 0 Å². The molecule has 2 heterocycles. The van der Waals surface area contributed by atoms with Crippen LogP contribution in [0.5, 0.6) is 11.5 Å². The lowest BCUT2D eigenvalue weighted by atomic mass is 10.0. The Labute approximate surface area is 123 Å². The predicted octanol–water partition coefficient (Wildman–Crippen LogP) is 1.29. The zero-order valence-corrected chi connectivity index (χ0v) is 12.1. The third-order valence-corrected chi connectivity index (χ3v) is 3.75. The van der Waals surface area contributed by atoms with Crippen molar-refractivity contribution in [3.05, 3.63) is 18.2 Å². The van der Waals surface area contributed by atoms with Crippen molar-refractivity contribution in [2.75, 3.05) is 18.2 Å². The number of nitrogens with zero attached hydrogens (tertiary/aromatic N) is 1. The summed E-state index contributed by atoms with van der Waals surface area (Å²) >= 11 is 0. The number of hydrogen-bond donors (Lipinski definition) is 1. The van der Waals surface area contributed by atoms with E-state index in [9.17, 15) is 9.59 Å². The van der Waals surface area contributed by atoms with Crippen molar-refractivity contribution < 1.29 is 19.1 Å². The highest BCUT2D eigenvalue weighted by Crippen LogP contribution is 2.36. The Kier molecular flexibility index (Phi) is 3.45. The van der Waals surface area contributed by atoms with Crippen LogP contribution in [0.25, 0.3) is 0 Å². The fourth-order valence-electron chi connectivity index (χ4n) is 2.56. The van der Waals surface area contributed by atoms with Crippen LogP contribution in [0.2, 0.25) is 0 Å². The van der Waals surface area contributed by atoms with Crippen LogP contribution in [0, 0.1) is 5.92 Å². The molecule has 6 heteroatoms. The second kappa shape index (κ2) is 5.27. The number of benzene rings is 1. The van der Waals surface area contributed by atoms with Gasteiger partial charge in [0.2, 0.25) is 18.6 Å². The van der Waals surface area contributed by atoms with Gasteiger partial charge < -0.3 is 19.7 Å². The highest BCUT2D eigenvalue weighted by atomic mass is 16.7. The standard InChI is InChI=1S/C15H18N2O4/c1-9(2)14-15(19)17(6-5-13(18)16-14)10-3-4-11-12(7-10)21-8-20-11/h3-4,7,9,14H,5-6,8H2,1-2H3,(H,16,18). The summed E-state index contributed by atoms with van der Waals surface area (Å²) in [6, 6.07) is 4.90. The third-order valence-electron chi connectivity index (χ3n) is 3.75. The van der Waals surface area contributed by atoms with E-state index in [0.29, 0.717) is 24.5 Å². The third kappa shape index (κ3) is 2.53. The van der Waals surface area contributed by atoms with E-state index in [2.05, 4.69) is 5.32 Å². The number of rotatable bonds is 2. The molecule has 2 aliphatic rings. The number of amides is 2. The van der Waals surface area contributed by atoms with Crippen molar-refractivity contribution >= 4 is 17.5 Å². The Hall–Kier alpha value is -2.24. The fourth-order valence-corrected chi connectivity index (χ4v) is 2.56. The summed E-state index contributed by atoms with van der Waals surface area (Å²) in [4.78, 5) is 26.1. The topological polar surface area (TPSA) is 67.9 Å². The number of fused-ring (bicyclic) bond motifs is 1. The van der Waals surface area contributed by atoms with Crippen LogP contribution >= 0.6 is 0 Å². The Morgan fingerprint density at radius 1 is 1.24 bits per heavy atom. The number of anilines is 1. The van der Waals surface area contributed by atoms with Gasteiger partial charge in [-0.2, -0.15) is 0 Å². The van der Waals surface area contributed by atoms with Gasteiger partial charge in [-0.25, -0.2) is 0 Å². The van der Waals surface area contributed by atoms with Crippen LogP contribution in [0.15, 0.2) is 18.2 Å². The van der Waals surface area contributed by atoms with E-state index in [0.717, 1.165) is 5.69 Å². The molecule has 0 spiro atoms. The number of nitrogens with one attached hydrogen (secondary N) is 1. The molecule has 112 valence electrons. The van der Waals surface area contributed by atoms with E-state index in [1.807, 2.05) is 19.9 Å². The summed E-state index contributed by atoms with van der Waals surface area (Å²) in [5.74, 6) is 1.16. The molecule has 1 aromatic carbocycles. The molecule has 2 aliphatic heterocycles. The molecular weight excluding hydrogens is 272 g/mol. The summed E-state index contributed by atoms with van der Waals surface area (Å²) in [6.45, 7) is 4.41. The first-order valence-corrected chi connectivity index (χ1v) is 7.06. The van der Waals surface area contributed by atoms with Gasteiger partial charge in [-0.15, -0.1) is 0 Å². The van der Waals surface area contributed by atoms with Crippen LogP contribution in [-0.4, -0.2) is 31.2 Å². The number of carbonyl (C=O) groups excluding carboxylic acids is 2. The van der Waals surface area contributed by atoms with E-state index in [1.165, 1.54) is 0 Å². The number of carbonyl (C=O) groups is 2. The molecule has 0 bridgehead atoms. The minimum atomic E-state index is -0.495. The van der Waals surface area contributed by atoms with Gasteiger partial charge in [0.25, 0.3) is 0 Å². The minimum Gasteiger partial charge on any atom is -0.454 e. The molecule has 0 aromatic heterocycles. The molecule has 1 unspecified atom stereocenters. The van der Waals surface area contributed by atoms with Gasteiger partial charge in [0.1, 0.15) is 6.04 Å². The number of hydrogen-bond acceptors (Lipinski definition) is 4. The predicted molar refractivity (Wildman–Crippen MR) is 76.3 cm³/mol. The summed E-state index contributed by atoms with van der Waals surface area (Å²) in [6.07, 6.45) is 0.295. The second-order valence-corrected chi connectivity index (χ2v) is 5.57. The average molecular weight is 290 g/mol. The van der Waals surface area contributed by atoms with Gasteiger partial charge in [0, 0.05) is 24.7 Å². The Morgan fingerprint density at radius 3 is 2.76 bits per heavy atom. The van der Waals surface area contributed by atoms with E-state index in [-0.39, 0.29) is 24.5 Å². The van der Waals surface area contributed by atoms with Crippen molar-refractivity contribution in [3.63, 3.8) is 0 Å². The summed E-state index contributed by atoms with van der Waals surface area (Å²) in [7, 11) is 0. The van der Waals surface area contributed by atoms with E-state index < -0.39 is 6.04 Å². The van der Waals surface area contributed by atoms with Crippen molar-refractivity contribution in [2.24, 2.45) is 5.92 Å². The monoisotopic (exact) mass is 290 g/mol. The normalized spacial score (nSPS) is 21.5. The summed E-state index contributed by atoms with van der Waals surface area (Å²) < 4.78 is 10.6. The van der Waals surface area contributed by atoms with Crippen molar-refractivity contribution in [1.82, 2.24) is 5.32 Å².